The minimum absolute atomic E-state index is 0.0308. The molecule has 2 rings (SSSR count). The number of hydrogen-bond donors (Lipinski definition) is 0. The normalized spacial score (nSPS) is 17.2. The van der Waals surface area contributed by atoms with E-state index in [0.717, 1.165) is 21.9 Å². The summed E-state index contributed by atoms with van der Waals surface area (Å²) in [6.45, 7) is -1.24. The van der Waals surface area contributed by atoms with Crippen LogP contribution in [0, 0.1) is 3.57 Å². The van der Waals surface area contributed by atoms with E-state index in [1.165, 1.54) is 6.07 Å². The predicted molar refractivity (Wildman–Crippen MR) is 82.6 cm³/mol. The van der Waals surface area contributed by atoms with Crippen molar-refractivity contribution >= 4 is 28.5 Å². The van der Waals surface area contributed by atoms with Gasteiger partial charge in [-0.05, 0) is 40.8 Å². The van der Waals surface area contributed by atoms with Crippen LogP contribution in [0.25, 0.3) is 0 Å². The first kappa shape index (κ1) is 19.3. The smallest absolute Gasteiger partial charge is 0.336 e. The molecule has 24 heavy (non-hydrogen) atoms. The SMILES string of the molecule is O=C(c1ccc(I)cc1C(F)(F)F)N1CCN(CC(F)(F)F)CC1. The summed E-state index contributed by atoms with van der Waals surface area (Å²) < 4.78 is 76.6. The first-order valence-corrected chi connectivity index (χ1v) is 8.00. The van der Waals surface area contributed by atoms with Gasteiger partial charge in [-0.1, -0.05) is 0 Å². The van der Waals surface area contributed by atoms with Crippen LogP contribution in [0.2, 0.25) is 0 Å². The van der Waals surface area contributed by atoms with Crippen LogP contribution in [0.3, 0.4) is 0 Å². The van der Waals surface area contributed by atoms with Gasteiger partial charge in [0.25, 0.3) is 5.91 Å². The summed E-state index contributed by atoms with van der Waals surface area (Å²) in [5.74, 6) is -0.814. The van der Waals surface area contributed by atoms with Crippen LogP contribution in [0.15, 0.2) is 18.2 Å². The van der Waals surface area contributed by atoms with Crippen molar-refractivity contribution in [1.82, 2.24) is 9.80 Å². The number of nitrogens with zero attached hydrogens (tertiary/aromatic N) is 2. The van der Waals surface area contributed by atoms with E-state index >= 15 is 0 Å². The highest BCUT2D eigenvalue weighted by Crippen LogP contribution is 2.33. The van der Waals surface area contributed by atoms with E-state index in [2.05, 4.69) is 0 Å². The first-order chi connectivity index (χ1) is 11.0. The van der Waals surface area contributed by atoms with Gasteiger partial charge in [0.15, 0.2) is 0 Å². The second-order valence-corrected chi connectivity index (χ2v) is 6.62. The second-order valence-electron chi connectivity index (χ2n) is 5.37. The van der Waals surface area contributed by atoms with Crippen LogP contribution < -0.4 is 0 Å². The molecular weight excluding hydrogens is 453 g/mol. The van der Waals surface area contributed by atoms with Crippen molar-refractivity contribution in [3.63, 3.8) is 0 Å². The molecule has 1 fully saturated rings. The lowest BCUT2D eigenvalue weighted by Crippen LogP contribution is -2.51. The molecule has 0 radical (unpaired) electrons. The molecule has 1 heterocycles. The molecule has 0 atom stereocenters. The number of benzene rings is 1. The van der Waals surface area contributed by atoms with Crippen LogP contribution in [0.5, 0.6) is 0 Å². The molecule has 1 aromatic carbocycles. The van der Waals surface area contributed by atoms with Crippen molar-refractivity contribution in [3.8, 4) is 0 Å². The fraction of sp³-hybridized carbons (Fsp3) is 0.500. The van der Waals surface area contributed by atoms with Gasteiger partial charge in [-0.15, -0.1) is 0 Å². The van der Waals surface area contributed by atoms with Crippen molar-refractivity contribution in [1.29, 1.82) is 0 Å². The molecule has 0 aromatic heterocycles. The summed E-state index contributed by atoms with van der Waals surface area (Å²) >= 11 is 1.72. The van der Waals surface area contributed by atoms with E-state index < -0.39 is 35.9 Å². The zero-order chi connectivity index (χ0) is 18.1. The Balaban J connectivity index is 2.12. The standard InChI is InChI=1S/C14H13F6IN2O/c15-13(16,17)8-22-3-5-23(6-4-22)12(24)10-2-1-9(21)7-11(10)14(18,19)20/h1-2,7H,3-6,8H2. The second kappa shape index (κ2) is 7.06. The van der Waals surface area contributed by atoms with Crippen LogP contribution >= 0.6 is 22.6 Å². The lowest BCUT2D eigenvalue weighted by atomic mass is 10.1. The number of halogens is 7. The van der Waals surface area contributed by atoms with Gasteiger partial charge in [-0.2, -0.15) is 26.3 Å². The fourth-order valence-electron chi connectivity index (χ4n) is 2.47. The number of alkyl halides is 6. The Bertz CT molecular complexity index is 608. The summed E-state index contributed by atoms with van der Waals surface area (Å²) in [6.07, 6.45) is -9.02. The maximum atomic E-state index is 13.1. The van der Waals surface area contributed by atoms with Crippen LogP contribution in [0.1, 0.15) is 15.9 Å². The van der Waals surface area contributed by atoms with Gasteiger partial charge in [0.05, 0.1) is 17.7 Å². The minimum atomic E-state index is -4.68. The molecule has 1 amide bonds. The molecule has 0 bridgehead atoms. The number of amides is 1. The molecule has 3 nitrogen and oxygen atoms in total. The van der Waals surface area contributed by atoms with Crippen molar-refractivity contribution in [2.45, 2.75) is 12.4 Å². The Morgan fingerprint density at radius 3 is 2.12 bits per heavy atom. The number of piperazine rings is 1. The van der Waals surface area contributed by atoms with Crippen molar-refractivity contribution in [2.75, 3.05) is 32.7 Å². The zero-order valence-corrected chi connectivity index (χ0v) is 14.4. The van der Waals surface area contributed by atoms with E-state index in [9.17, 15) is 31.1 Å². The van der Waals surface area contributed by atoms with Gasteiger partial charge in [0.1, 0.15) is 0 Å². The highest BCUT2D eigenvalue weighted by atomic mass is 127. The summed E-state index contributed by atoms with van der Waals surface area (Å²) in [4.78, 5) is 14.6. The summed E-state index contributed by atoms with van der Waals surface area (Å²) in [7, 11) is 0. The van der Waals surface area contributed by atoms with E-state index in [4.69, 9.17) is 0 Å². The molecule has 0 unspecified atom stereocenters. The van der Waals surface area contributed by atoms with E-state index in [1.54, 1.807) is 22.6 Å². The van der Waals surface area contributed by atoms with Gasteiger partial charge in [-0.3, -0.25) is 9.69 Å². The quantitative estimate of drug-likeness (QED) is 0.491. The van der Waals surface area contributed by atoms with E-state index in [1.807, 2.05) is 0 Å². The number of rotatable bonds is 2. The van der Waals surface area contributed by atoms with E-state index in [-0.39, 0.29) is 26.2 Å². The van der Waals surface area contributed by atoms with Gasteiger partial charge >= 0.3 is 12.4 Å². The third kappa shape index (κ3) is 4.98. The fourth-order valence-corrected chi connectivity index (χ4v) is 2.96. The van der Waals surface area contributed by atoms with Crippen LogP contribution in [0.4, 0.5) is 26.3 Å². The molecule has 0 N–H and O–H groups in total. The molecule has 1 aromatic rings. The number of carbonyl (C=O) groups excluding carboxylic acids is 1. The predicted octanol–water partition coefficient (Wildman–Crippen LogP) is 3.63. The summed E-state index contributed by atoms with van der Waals surface area (Å²) in [5, 5.41) is 0. The molecule has 1 aliphatic heterocycles. The molecule has 1 aliphatic rings. The molecule has 0 spiro atoms. The Hall–Kier alpha value is -1.04. The highest BCUT2D eigenvalue weighted by molar-refractivity contribution is 14.1. The summed E-state index contributed by atoms with van der Waals surface area (Å²) in [6, 6.07) is 3.38. The molecule has 134 valence electrons. The average molecular weight is 466 g/mol. The Labute approximate surface area is 147 Å². The maximum Gasteiger partial charge on any atom is 0.417 e. The van der Waals surface area contributed by atoms with Gasteiger partial charge in [0.2, 0.25) is 0 Å². The van der Waals surface area contributed by atoms with Crippen molar-refractivity contribution < 1.29 is 31.1 Å². The molecule has 0 aliphatic carbocycles. The minimum Gasteiger partial charge on any atom is -0.336 e. The van der Waals surface area contributed by atoms with Crippen molar-refractivity contribution in [3.05, 3.63) is 32.9 Å². The molecule has 10 heteroatoms. The molecule has 0 saturated carbocycles. The van der Waals surface area contributed by atoms with Gasteiger partial charge in [0, 0.05) is 29.7 Å². The molecular formula is C14H13F6IN2O. The largest absolute Gasteiger partial charge is 0.417 e. The maximum absolute atomic E-state index is 13.1. The molecule has 1 saturated heterocycles. The van der Waals surface area contributed by atoms with Crippen LogP contribution in [-0.2, 0) is 6.18 Å². The number of hydrogen-bond acceptors (Lipinski definition) is 2. The first-order valence-electron chi connectivity index (χ1n) is 6.92. The van der Waals surface area contributed by atoms with Gasteiger partial charge in [-0.25, -0.2) is 0 Å². The van der Waals surface area contributed by atoms with Crippen LogP contribution in [-0.4, -0.2) is 54.6 Å². The monoisotopic (exact) mass is 466 g/mol. The Kier molecular flexibility index (Phi) is 5.68. The Morgan fingerprint density at radius 1 is 1.04 bits per heavy atom. The van der Waals surface area contributed by atoms with E-state index in [0.29, 0.717) is 3.57 Å². The lowest BCUT2D eigenvalue weighted by Gasteiger charge is -2.35. The van der Waals surface area contributed by atoms with Gasteiger partial charge < -0.3 is 4.90 Å². The highest BCUT2D eigenvalue weighted by Gasteiger charge is 2.37. The van der Waals surface area contributed by atoms with Crippen molar-refractivity contribution in [2.24, 2.45) is 0 Å². The lowest BCUT2D eigenvalue weighted by molar-refractivity contribution is -0.148. The summed E-state index contributed by atoms with van der Waals surface area (Å²) in [5.41, 5.74) is -1.51. The average Bonchev–Trinajstić information content (AvgIpc) is 2.44. The third-order valence-corrected chi connectivity index (χ3v) is 4.25. The number of carbonyl (C=O) groups is 1. The topological polar surface area (TPSA) is 23.6 Å². The third-order valence-electron chi connectivity index (χ3n) is 3.58. The Morgan fingerprint density at radius 2 is 1.62 bits per heavy atom. The zero-order valence-electron chi connectivity index (χ0n) is 12.2.